The summed E-state index contributed by atoms with van der Waals surface area (Å²) < 4.78 is 5.51. The van der Waals surface area contributed by atoms with Gasteiger partial charge in [0.15, 0.2) is 0 Å². The fourth-order valence-corrected chi connectivity index (χ4v) is 3.10. The van der Waals surface area contributed by atoms with Crippen LogP contribution in [0.25, 0.3) is 0 Å². The van der Waals surface area contributed by atoms with E-state index in [1.54, 1.807) is 0 Å². The Labute approximate surface area is 121 Å². The zero-order valence-electron chi connectivity index (χ0n) is 12.7. The predicted octanol–water partition coefficient (Wildman–Crippen LogP) is 3.78. The Balaban J connectivity index is 1.98. The van der Waals surface area contributed by atoms with Crippen LogP contribution in [-0.2, 0) is 4.74 Å². The fraction of sp³-hybridized carbons (Fsp3) is 0.750. The Morgan fingerprint density at radius 1 is 1.50 bits per heavy atom. The molecule has 0 saturated carbocycles. The number of nitrogens with zero attached hydrogens (tertiary/aromatic N) is 2. The molecule has 0 aromatic carbocycles. The summed E-state index contributed by atoms with van der Waals surface area (Å²) in [6.07, 6.45) is 7.61. The van der Waals surface area contributed by atoms with Gasteiger partial charge in [-0.2, -0.15) is 5.26 Å². The molecule has 1 saturated heterocycles. The van der Waals surface area contributed by atoms with Crippen molar-refractivity contribution in [3.63, 3.8) is 0 Å². The van der Waals surface area contributed by atoms with Crippen molar-refractivity contribution in [2.75, 3.05) is 0 Å². The average molecular weight is 276 g/mol. The second kappa shape index (κ2) is 5.87. The minimum Gasteiger partial charge on any atom is -0.444 e. The van der Waals surface area contributed by atoms with Gasteiger partial charge in [-0.15, -0.1) is 0 Å². The number of fused-ring (bicyclic) bond motifs is 2. The molecule has 4 heteroatoms. The summed E-state index contributed by atoms with van der Waals surface area (Å²) in [5, 5.41) is 8.60. The van der Waals surface area contributed by atoms with Crippen LogP contribution in [0.5, 0.6) is 0 Å². The summed E-state index contributed by atoms with van der Waals surface area (Å²) in [7, 11) is 0. The first kappa shape index (κ1) is 14.9. The first-order valence-electron chi connectivity index (χ1n) is 7.48. The third kappa shape index (κ3) is 3.53. The second-order valence-corrected chi connectivity index (χ2v) is 6.73. The lowest BCUT2D eigenvalue weighted by atomic mass is 9.97. The van der Waals surface area contributed by atoms with Crippen LogP contribution in [0.4, 0.5) is 4.79 Å². The van der Waals surface area contributed by atoms with E-state index in [1.807, 2.05) is 25.7 Å². The number of unbranched alkanes of at least 4 members (excludes halogenated alkanes) is 1. The van der Waals surface area contributed by atoms with E-state index in [-0.39, 0.29) is 18.2 Å². The number of amides is 1. The lowest BCUT2D eigenvalue weighted by molar-refractivity contribution is 0.0166. The topological polar surface area (TPSA) is 53.3 Å². The summed E-state index contributed by atoms with van der Waals surface area (Å²) in [5.74, 6) is 0. The molecule has 0 aliphatic carbocycles. The monoisotopic (exact) mass is 276 g/mol. The van der Waals surface area contributed by atoms with E-state index in [0.29, 0.717) is 6.42 Å². The second-order valence-electron chi connectivity index (χ2n) is 6.73. The molecule has 20 heavy (non-hydrogen) atoms. The predicted molar refractivity (Wildman–Crippen MR) is 77.0 cm³/mol. The number of carbonyl (C=O) groups excluding carboxylic acids is 1. The summed E-state index contributed by atoms with van der Waals surface area (Å²) >= 11 is 0. The number of nitriles is 1. The smallest absolute Gasteiger partial charge is 0.411 e. The maximum absolute atomic E-state index is 12.3. The summed E-state index contributed by atoms with van der Waals surface area (Å²) in [4.78, 5) is 14.2. The highest BCUT2D eigenvalue weighted by molar-refractivity contribution is 5.70. The molecular formula is C16H24N2O2. The van der Waals surface area contributed by atoms with E-state index in [9.17, 15) is 4.79 Å². The lowest BCUT2D eigenvalue weighted by Gasteiger charge is -2.35. The van der Waals surface area contributed by atoms with E-state index < -0.39 is 5.60 Å². The van der Waals surface area contributed by atoms with Crippen LogP contribution in [0.1, 0.15) is 59.3 Å². The first-order chi connectivity index (χ1) is 9.40. The van der Waals surface area contributed by atoms with Gasteiger partial charge in [-0.05, 0) is 52.9 Å². The van der Waals surface area contributed by atoms with Crippen LogP contribution in [0.2, 0.25) is 0 Å². The Morgan fingerprint density at radius 3 is 2.85 bits per heavy atom. The molecule has 0 spiro atoms. The minimum absolute atomic E-state index is 0.183. The minimum atomic E-state index is -0.437. The Morgan fingerprint density at radius 2 is 2.25 bits per heavy atom. The number of carbonyl (C=O) groups is 1. The molecule has 2 bridgehead atoms. The van der Waals surface area contributed by atoms with E-state index in [1.165, 1.54) is 5.57 Å². The van der Waals surface area contributed by atoms with Crippen molar-refractivity contribution in [2.45, 2.75) is 77.0 Å². The third-order valence-electron chi connectivity index (χ3n) is 3.86. The maximum Gasteiger partial charge on any atom is 0.411 e. The zero-order chi connectivity index (χ0) is 14.8. The first-order valence-corrected chi connectivity index (χ1v) is 7.48. The summed E-state index contributed by atoms with van der Waals surface area (Å²) in [6, 6.07) is 2.67. The van der Waals surface area contributed by atoms with E-state index in [4.69, 9.17) is 10.00 Å². The van der Waals surface area contributed by atoms with E-state index in [2.05, 4.69) is 12.1 Å². The molecule has 2 atom stereocenters. The van der Waals surface area contributed by atoms with Crippen LogP contribution in [0.3, 0.4) is 0 Å². The fourth-order valence-electron chi connectivity index (χ4n) is 3.10. The van der Waals surface area contributed by atoms with Gasteiger partial charge < -0.3 is 4.74 Å². The van der Waals surface area contributed by atoms with Crippen molar-refractivity contribution in [3.05, 3.63) is 11.6 Å². The molecule has 2 aliphatic rings. The number of hydrogen-bond acceptors (Lipinski definition) is 3. The van der Waals surface area contributed by atoms with Crippen LogP contribution in [0, 0.1) is 11.3 Å². The van der Waals surface area contributed by atoms with Gasteiger partial charge in [0.05, 0.1) is 12.1 Å². The Bertz CT molecular complexity index is 442. The Hall–Kier alpha value is -1.50. The highest BCUT2D eigenvalue weighted by Gasteiger charge is 2.41. The molecule has 2 heterocycles. The van der Waals surface area contributed by atoms with Gasteiger partial charge in [0.1, 0.15) is 5.60 Å². The molecule has 0 aromatic rings. The highest BCUT2D eigenvalue weighted by Crippen LogP contribution is 2.37. The molecule has 1 fully saturated rings. The maximum atomic E-state index is 12.3. The van der Waals surface area contributed by atoms with Crippen LogP contribution < -0.4 is 0 Å². The summed E-state index contributed by atoms with van der Waals surface area (Å²) in [5.41, 5.74) is 0.973. The number of ether oxygens (including phenoxy) is 1. The van der Waals surface area contributed by atoms with E-state index in [0.717, 1.165) is 32.1 Å². The molecule has 0 N–H and O–H groups in total. The van der Waals surface area contributed by atoms with Gasteiger partial charge >= 0.3 is 6.09 Å². The molecule has 2 aliphatic heterocycles. The average Bonchev–Trinajstić information content (AvgIpc) is 2.60. The molecule has 2 rings (SSSR count). The van der Waals surface area contributed by atoms with Crippen LogP contribution in [0.15, 0.2) is 11.6 Å². The molecule has 1 amide bonds. The van der Waals surface area contributed by atoms with Crippen LogP contribution >= 0.6 is 0 Å². The molecule has 0 aromatic heterocycles. The van der Waals surface area contributed by atoms with Gasteiger partial charge in [-0.3, -0.25) is 4.90 Å². The molecule has 2 unspecified atom stereocenters. The number of hydrogen-bond donors (Lipinski definition) is 0. The van der Waals surface area contributed by atoms with Crippen molar-refractivity contribution >= 4 is 6.09 Å². The van der Waals surface area contributed by atoms with Crippen molar-refractivity contribution in [2.24, 2.45) is 0 Å². The van der Waals surface area contributed by atoms with Crippen LogP contribution in [-0.4, -0.2) is 28.7 Å². The van der Waals surface area contributed by atoms with Crippen molar-refractivity contribution < 1.29 is 9.53 Å². The number of rotatable bonds is 3. The molecular weight excluding hydrogens is 252 g/mol. The zero-order valence-corrected chi connectivity index (χ0v) is 12.7. The van der Waals surface area contributed by atoms with Gasteiger partial charge in [-0.25, -0.2) is 4.79 Å². The summed E-state index contributed by atoms with van der Waals surface area (Å²) in [6.45, 7) is 5.71. The molecule has 110 valence electrons. The molecule has 0 radical (unpaired) electrons. The van der Waals surface area contributed by atoms with Gasteiger partial charge in [-0.1, -0.05) is 11.6 Å². The highest BCUT2D eigenvalue weighted by atomic mass is 16.6. The van der Waals surface area contributed by atoms with Crippen molar-refractivity contribution in [1.29, 1.82) is 5.26 Å². The Kier molecular flexibility index (Phi) is 4.37. The molecule has 4 nitrogen and oxygen atoms in total. The van der Waals surface area contributed by atoms with Gasteiger partial charge in [0, 0.05) is 12.5 Å². The SMILES string of the molecule is CC(C)(C)OC(=O)N1C2C=C(CCCC#N)CC1CC2. The van der Waals surface area contributed by atoms with E-state index >= 15 is 0 Å². The van der Waals surface area contributed by atoms with Crippen molar-refractivity contribution in [1.82, 2.24) is 4.90 Å². The largest absolute Gasteiger partial charge is 0.444 e. The van der Waals surface area contributed by atoms with Gasteiger partial charge in [0.2, 0.25) is 0 Å². The van der Waals surface area contributed by atoms with Crippen molar-refractivity contribution in [3.8, 4) is 6.07 Å². The standard InChI is InChI=1S/C16H24N2O2/c1-16(2,3)20-15(19)18-13-7-8-14(18)11-12(10-13)6-4-5-9-17/h10,13-14H,4-8,11H2,1-3H3. The third-order valence-corrected chi connectivity index (χ3v) is 3.86. The lowest BCUT2D eigenvalue weighted by Crippen LogP contribution is -2.45. The normalized spacial score (nSPS) is 25.1. The quantitative estimate of drug-likeness (QED) is 0.582. The van der Waals surface area contributed by atoms with Gasteiger partial charge in [0.25, 0.3) is 0 Å².